The van der Waals surface area contributed by atoms with Gasteiger partial charge in [0.1, 0.15) is 0 Å². The number of benzene rings is 1. The summed E-state index contributed by atoms with van der Waals surface area (Å²) in [5, 5.41) is 8.52. The van der Waals surface area contributed by atoms with Crippen molar-refractivity contribution in [2.24, 2.45) is 0 Å². The van der Waals surface area contributed by atoms with Gasteiger partial charge in [0, 0.05) is 23.1 Å². The number of hydrogen-bond acceptors (Lipinski definition) is 4. The zero-order valence-electron chi connectivity index (χ0n) is 9.65. The molecule has 0 saturated heterocycles. The minimum atomic E-state index is 0.798. The van der Waals surface area contributed by atoms with Gasteiger partial charge in [-0.1, -0.05) is 30.3 Å². The Bertz CT molecular complexity index is 603. The lowest BCUT2D eigenvalue weighted by Crippen LogP contribution is -1.94. The first-order valence-corrected chi connectivity index (χ1v) is 6.55. The van der Waals surface area contributed by atoms with E-state index in [0.29, 0.717) is 0 Å². The molecule has 0 spiro atoms. The van der Waals surface area contributed by atoms with Crippen LogP contribution in [0.3, 0.4) is 0 Å². The predicted molar refractivity (Wildman–Crippen MR) is 72.4 cm³/mol. The molecule has 0 fully saturated rings. The highest BCUT2D eigenvalue weighted by molar-refractivity contribution is 7.09. The Kier molecular flexibility index (Phi) is 3.10. The van der Waals surface area contributed by atoms with Crippen LogP contribution in [0.25, 0.3) is 11.3 Å². The molecule has 3 nitrogen and oxygen atoms in total. The van der Waals surface area contributed by atoms with Crippen molar-refractivity contribution in [1.29, 1.82) is 0 Å². The Labute approximate surface area is 109 Å². The molecule has 2 heterocycles. The van der Waals surface area contributed by atoms with Crippen molar-refractivity contribution in [3.63, 3.8) is 0 Å². The maximum absolute atomic E-state index is 4.26. The Hall–Kier alpha value is -2.07. The van der Waals surface area contributed by atoms with Crippen LogP contribution in [0.4, 0.5) is 0 Å². The molecule has 4 heteroatoms. The second kappa shape index (κ2) is 5.06. The molecule has 0 bridgehead atoms. The molecular weight excluding hydrogens is 242 g/mol. The van der Waals surface area contributed by atoms with Crippen LogP contribution < -0.4 is 0 Å². The largest absolute Gasteiger partial charge is 0.253 e. The highest BCUT2D eigenvalue weighted by Gasteiger charge is 2.02. The monoisotopic (exact) mass is 253 g/mol. The van der Waals surface area contributed by atoms with E-state index in [9.17, 15) is 0 Å². The molecular formula is C14H11N3S. The summed E-state index contributed by atoms with van der Waals surface area (Å²) in [6.45, 7) is 0. The minimum Gasteiger partial charge on any atom is -0.253 e. The van der Waals surface area contributed by atoms with Gasteiger partial charge in [0.25, 0.3) is 0 Å². The van der Waals surface area contributed by atoms with Gasteiger partial charge in [0.15, 0.2) is 0 Å². The summed E-state index contributed by atoms with van der Waals surface area (Å²) >= 11 is 1.64. The lowest BCUT2D eigenvalue weighted by Gasteiger charge is -2.01. The smallest absolute Gasteiger partial charge is 0.0929 e. The summed E-state index contributed by atoms with van der Waals surface area (Å²) in [7, 11) is 0. The quantitative estimate of drug-likeness (QED) is 0.719. The van der Waals surface area contributed by atoms with Crippen LogP contribution >= 0.6 is 11.3 Å². The van der Waals surface area contributed by atoms with E-state index in [1.807, 2.05) is 54.2 Å². The fourth-order valence-electron chi connectivity index (χ4n) is 1.72. The van der Waals surface area contributed by atoms with Crippen LogP contribution in [-0.4, -0.2) is 15.2 Å². The van der Waals surface area contributed by atoms with Crippen molar-refractivity contribution < 1.29 is 0 Å². The lowest BCUT2D eigenvalue weighted by atomic mass is 10.1. The summed E-state index contributed by atoms with van der Waals surface area (Å²) in [5.74, 6) is 0. The van der Waals surface area contributed by atoms with E-state index in [1.165, 1.54) is 4.88 Å². The van der Waals surface area contributed by atoms with E-state index in [4.69, 9.17) is 0 Å². The highest BCUT2D eigenvalue weighted by Crippen LogP contribution is 2.16. The SMILES string of the molecule is c1ccc(-c2ccc(Cc3cncs3)nn2)cc1. The van der Waals surface area contributed by atoms with Crippen molar-refractivity contribution in [1.82, 2.24) is 15.2 Å². The molecule has 3 rings (SSSR count). The van der Waals surface area contributed by atoms with Crippen LogP contribution in [0, 0.1) is 0 Å². The van der Waals surface area contributed by atoms with E-state index in [-0.39, 0.29) is 0 Å². The van der Waals surface area contributed by atoms with Crippen molar-refractivity contribution in [2.75, 3.05) is 0 Å². The predicted octanol–water partition coefficient (Wildman–Crippen LogP) is 3.19. The summed E-state index contributed by atoms with van der Waals surface area (Å²) in [6, 6.07) is 14.1. The second-order valence-electron chi connectivity index (χ2n) is 3.92. The number of hydrogen-bond donors (Lipinski definition) is 0. The van der Waals surface area contributed by atoms with Gasteiger partial charge < -0.3 is 0 Å². The summed E-state index contributed by atoms with van der Waals surface area (Å²) < 4.78 is 0. The fourth-order valence-corrected chi connectivity index (χ4v) is 2.34. The third-order valence-corrected chi connectivity index (χ3v) is 3.41. The summed E-state index contributed by atoms with van der Waals surface area (Å²) in [5.41, 5.74) is 4.80. The van der Waals surface area contributed by atoms with Gasteiger partial charge in [-0.2, -0.15) is 10.2 Å². The van der Waals surface area contributed by atoms with Crippen LogP contribution in [0.2, 0.25) is 0 Å². The Morgan fingerprint density at radius 3 is 2.50 bits per heavy atom. The van der Waals surface area contributed by atoms with E-state index in [2.05, 4.69) is 15.2 Å². The molecule has 0 atom stereocenters. The minimum absolute atomic E-state index is 0.798. The van der Waals surface area contributed by atoms with Gasteiger partial charge in [0.05, 0.1) is 16.9 Å². The molecule has 3 aromatic rings. The van der Waals surface area contributed by atoms with Crippen molar-refractivity contribution >= 4 is 11.3 Å². The fraction of sp³-hybridized carbons (Fsp3) is 0.0714. The number of rotatable bonds is 3. The standard InChI is InChI=1S/C14H11N3S/c1-2-4-11(5-3-1)14-7-6-12(16-17-14)8-13-9-15-10-18-13/h1-7,9-10H,8H2. The van der Waals surface area contributed by atoms with Gasteiger partial charge in [-0.3, -0.25) is 4.98 Å². The Morgan fingerprint density at radius 1 is 0.944 bits per heavy atom. The molecule has 1 aromatic carbocycles. The maximum atomic E-state index is 4.26. The molecule has 0 N–H and O–H groups in total. The molecule has 0 radical (unpaired) electrons. The topological polar surface area (TPSA) is 38.7 Å². The van der Waals surface area contributed by atoms with Crippen molar-refractivity contribution in [3.8, 4) is 11.3 Å². The van der Waals surface area contributed by atoms with E-state index < -0.39 is 0 Å². The van der Waals surface area contributed by atoms with Crippen molar-refractivity contribution in [3.05, 3.63) is 64.7 Å². The van der Waals surface area contributed by atoms with Gasteiger partial charge in [-0.05, 0) is 12.1 Å². The molecule has 0 unspecified atom stereocenters. The first kappa shape index (κ1) is 11.0. The normalized spacial score (nSPS) is 10.4. The van der Waals surface area contributed by atoms with E-state index >= 15 is 0 Å². The Balaban J connectivity index is 1.81. The molecule has 0 aliphatic carbocycles. The molecule has 0 saturated carbocycles. The van der Waals surface area contributed by atoms with Crippen LogP contribution in [0.15, 0.2) is 54.2 Å². The number of thiazole rings is 1. The first-order chi connectivity index (χ1) is 8.92. The highest BCUT2D eigenvalue weighted by atomic mass is 32.1. The maximum Gasteiger partial charge on any atom is 0.0929 e. The van der Waals surface area contributed by atoms with Crippen molar-refractivity contribution in [2.45, 2.75) is 6.42 Å². The van der Waals surface area contributed by atoms with Gasteiger partial charge in [-0.25, -0.2) is 0 Å². The number of nitrogens with zero attached hydrogens (tertiary/aromatic N) is 3. The first-order valence-electron chi connectivity index (χ1n) is 5.67. The number of aromatic nitrogens is 3. The van der Waals surface area contributed by atoms with Crippen LogP contribution in [0.5, 0.6) is 0 Å². The second-order valence-corrected chi connectivity index (χ2v) is 4.89. The molecule has 0 aliphatic rings. The molecule has 0 aliphatic heterocycles. The third-order valence-electron chi connectivity index (χ3n) is 2.63. The molecule has 2 aromatic heterocycles. The molecule has 88 valence electrons. The average molecular weight is 253 g/mol. The molecule has 0 amide bonds. The average Bonchev–Trinajstić information content (AvgIpc) is 2.94. The van der Waals surface area contributed by atoms with Crippen LogP contribution in [-0.2, 0) is 6.42 Å². The van der Waals surface area contributed by atoms with E-state index in [0.717, 1.165) is 23.4 Å². The zero-order valence-corrected chi connectivity index (χ0v) is 10.5. The van der Waals surface area contributed by atoms with Gasteiger partial charge >= 0.3 is 0 Å². The third kappa shape index (κ3) is 2.43. The van der Waals surface area contributed by atoms with Gasteiger partial charge in [0.2, 0.25) is 0 Å². The lowest BCUT2D eigenvalue weighted by molar-refractivity contribution is 0.948. The van der Waals surface area contributed by atoms with E-state index in [1.54, 1.807) is 11.3 Å². The zero-order chi connectivity index (χ0) is 12.2. The summed E-state index contributed by atoms with van der Waals surface area (Å²) in [4.78, 5) is 5.26. The van der Waals surface area contributed by atoms with Gasteiger partial charge in [-0.15, -0.1) is 11.3 Å². The Morgan fingerprint density at radius 2 is 1.83 bits per heavy atom. The summed E-state index contributed by atoms with van der Waals surface area (Å²) in [6.07, 6.45) is 2.67. The van der Waals surface area contributed by atoms with Crippen LogP contribution in [0.1, 0.15) is 10.6 Å². The molecule has 18 heavy (non-hydrogen) atoms.